The third-order valence-corrected chi connectivity index (χ3v) is 3.36. The van der Waals surface area contributed by atoms with Crippen molar-refractivity contribution in [3.8, 4) is 5.75 Å². The summed E-state index contributed by atoms with van der Waals surface area (Å²) >= 11 is 0. The van der Waals surface area contributed by atoms with E-state index in [2.05, 4.69) is 11.2 Å². The smallest absolute Gasteiger partial charge is 0.311 e. The van der Waals surface area contributed by atoms with Crippen molar-refractivity contribution in [1.29, 1.82) is 0 Å². The van der Waals surface area contributed by atoms with Gasteiger partial charge < -0.3 is 4.74 Å². The molecule has 0 fully saturated rings. The van der Waals surface area contributed by atoms with E-state index in [1.165, 1.54) is 0 Å². The molecule has 4 heteroatoms. The number of esters is 1. The van der Waals surface area contributed by atoms with Crippen LogP contribution in [0.4, 0.5) is 0 Å². The van der Waals surface area contributed by atoms with E-state index in [0.29, 0.717) is 18.6 Å². The number of nitrogens with zero attached hydrogens (tertiary/aromatic N) is 2. The summed E-state index contributed by atoms with van der Waals surface area (Å²) in [6.45, 7) is 5.99. The van der Waals surface area contributed by atoms with Gasteiger partial charge in [0, 0.05) is 13.2 Å². The second-order valence-corrected chi connectivity index (χ2v) is 5.20. The van der Waals surface area contributed by atoms with Gasteiger partial charge in [-0.15, -0.1) is 0 Å². The number of hydrogen-bond acceptors (Lipinski definition) is 3. The Bertz CT molecular complexity index is 629. The minimum Gasteiger partial charge on any atom is -0.426 e. The standard InChI is InChI=1S/C16H20N2O2/c1-11-7-12(2)13(3)15(8-11)20-16(19)6-5-14-9-17-18(4)10-14/h7-10H,5-6H2,1-4H3. The summed E-state index contributed by atoms with van der Waals surface area (Å²) in [7, 11) is 1.86. The van der Waals surface area contributed by atoms with Gasteiger partial charge in [0.15, 0.2) is 0 Å². The maximum absolute atomic E-state index is 11.9. The molecule has 4 nitrogen and oxygen atoms in total. The number of aryl methyl sites for hydroxylation is 4. The van der Waals surface area contributed by atoms with Crippen LogP contribution in [0.2, 0.25) is 0 Å². The third-order valence-electron chi connectivity index (χ3n) is 3.36. The van der Waals surface area contributed by atoms with E-state index in [0.717, 1.165) is 22.3 Å². The van der Waals surface area contributed by atoms with Crippen LogP contribution in [0, 0.1) is 20.8 Å². The lowest BCUT2D eigenvalue weighted by Crippen LogP contribution is -2.10. The van der Waals surface area contributed by atoms with Crippen molar-refractivity contribution < 1.29 is 9.53 Å². The second kappa shape index (κ2) is 5.90. The second-order valence-electron chi connectivity index (χ2n) is 5.20. The Kier molecular flexibility index (Phi) is 4.23. The lowest BCUT2D eigenvalue weighted by atomic mass is 10.1. The van der Waals surface area contributed by atoms with Crippen molar-refractivity contribution in [3.63, 3.8) is 0 Å². The van der Waals surface area contributed by atoms with Gasteiger partial charge >= 0.3 is 5.97 Å². The van der Waals surface area contributed by atoms with Gasteiger partial charge in [0.05, 0.1) is 12.6 Å². The number of ether oxygens (including phenoxy) is 1. The maximum atomic E-state index is 11.9. The molecule has 0 unspecified atom stereocenters. The molecule has 0 radical (unpaired) electrons. The molecule has 0 saturated heterocycles. The summed E-state index contributed by atoms with van der Waals surface area (Å²) < 4.78 is 7.20. The molecule has 20 heavy (non-hydrogen) atoms. The molecule has 2 aromatic rings. The highest BCUT2D eigenvalue weighted by molar-refractivity contribution is 5.73. The first kappa shape index (κ1) is 14.3. The van der Waals surface area contributed by atoms with Crippen LogP contribution < -0.4 is 4.74 Å². The van der Waals surface area contributed by atoms with Crippen molar-refractivity contribution in [3.05, 3.63) is 46.8 Å². The number of aromatic nitrogens is 2. The lowest BCUT2D eigenvalue weighted by Gasteiger charge is -2.10. The Morgan fingerprint density at radius 1 is 1.30 bits per heavy atom. The summed E-state index contributed by atoms with van der Waals surface area (Å²) in [6, 6.07) is 3.99. The van der Waals surface area contributed by atoms with E-state index >= 15 is 0 Å². The molecule has 0 amide bonds. The van der Waals surface area contributed by atoms with E-state index in [1.54, 1.807) is 10.9 Å². The van der Waals surface area contributed by atoms with E-state index in [-0.39, 0.29) is 5.97 Å². The Morgan fingerprint density at radius 2 is 2.05 bits per heavy atom. The quantitative estimate of drug-likeness (QED) is 0.635. The zero-order valence-electron chi connectivity index (χ0n) is 12.4. The van der Waals surface area contributed by atoms with Gasteiger partial charge in [-0.05, 0) is 55.5 Å². The Balaban J connectivity index is 1.98. The summed E-state index contributed by atoms with van der Waals surface area (Å²) in [5, 5.41) is 4.08. The molecule has 0 spiro atoms. The third kappa shape index (κ3) is 3.47. The molecule has 0 aliphatic rings. The summed E-state index contributed by atoms with van der Waals surface area (Å²) in [5.74, 6) is 0.459. The number of carbonyl (C=O) groups excluding carboxylic acids is 1. The van der Waals surface area contributed by atoms with Crippen LogP contribution in [-0.2, 0) is 18.3 Å². The lowest BCUT2D eigenvalue weighted by molar-refractivity contribution is -0.134. The first-order valence-corrected chi connectivity index (χ1v) is 6.72. The van der Waals surface area contributed by atoms with Crippen LogP contribution in [0.25, 0.3) is 0 Å². The molecule has 0 atom stereocenters. The predicted octanol–water partition coefficient (Wildman–Crippen LogP) is 2.88. The number of benzene rings is 1. The molecule has 106 valence electrons. The minimum absolute atomic E-state index is 0.207. The van der Waals surface area contributed by atoms with Crippen molar-refractivity contribution in [2.45, 2.75) is 33.6 Å². The van der Waals surface area contributed by atoms with E-state index in [9.17, 15) is 4.79 Å². The largest absolute Gasteiger partial charge is 0.426 e. The van der Waals surface area contributed by atoms with Gasteiger partial charge in [0.1, 0.15) is 5.75 Å². The van der Waals surface area contributed by atoms with Crippen molar-refractivity contribution in [2.75, 3.05) is 0 Å². The molecule has 0 saturated carbocycles. The SMILES string of the molecule is Cc1cc(C)c(C)c(OC(=O)CCc2cnn(C)c2)c1. The van der Waals surface area contributed by atoms with Crippen LogP contribution in [0.15, 0.2) is 24.5 Å². The first-order chi connectivity index (χ1) is 9.45. The topological polar surface area (TPSA) is 44.1 Å². The van der Waals surface area contributed by atoms with Crippen LogP contribution in [0.5, 0.6) is 5.75 Å². The Morgan fingerprint density at radius 3 is 2.70 bits per heavy atom. The highest BCUT2D eigenvalue weighted by Crippen LogP contribution is 2.23. The van der Waals surface area contributed by atoms with Gasteiger partial charge in [0.25, 0.3) is 0 Å². The van der Waals surface area contributed by atoms with Gasteiger partial charge in [-0.2, -0.15) is 5.10 Å². The first-order valence-electron chi connectivity index (χ1n) is 6.72. The number of hydrogen-bond donors (Lipinski definition) is 0. The van der Waals surface area contributed by atoms with E-state index < -0.39 is 0 Å². The van der Waals surface area contributed by atoms with Crippen molar-refractivity contribution >= 4 is 5.97 Å². The van der Waals surface area contributed by atoms with Crippen molar-refractivity contribution in [2.24, 2.45) is 7.05 Å². The van der Waals surface area contributed by atoms with Crippen LogP contribution in [-0.4, -0.2) is 15.7 Å². The highest BCUT2D eigenvalue weighted by atomic mass is 16.5. The minimum atomic E-state index is -0.207. The monoisotopic (exact) mass is 272 g/mol. The molecule has 1 heterocycles. The average Bonchev–Trinajstić information content (AvgIpc) is 2.79. The fraction of sp³-hybridized carbons (Fsp3) is 0.375. The molecular formula is C16H20N2O2. The summed E-state index contributed by atoms with van der Waals surface area (Å²) in [6.07, 6.45) is 4.69. The molecular weight excluding hydrogens is 252 g/mol. The average molecular weight is 272 g/mol. The number of carbonyl (C=O) groups is 1. The molecule has 0 bridgehead atoms. The van der Waals surface area contributed by atoms with Gasteiger partial charge in [0.2, 0.25) is 0 Å². The van der Waals surface area contributed by atoms with Crippen LogP contribution in [0.3, 0.4) is 0 Å². The van der Waals surface area contributed by atoms with Crippen molar-refractivity contribution in [1.82, 2.24) is 9.78 Å². The molecule has 1 aromatic heterocycles. The zero-order valence-corrected chi connectivity index (χ0v) is 12.4. The van der Waals surface area contributed by atoms with Gasteiger partial charge in [-0.25, -0.2) is 0 Å². The molecule has 1 aromatic carbocycles. The van der Waals surface area contributed by atoms with E-state index in [4.69, 9.17) is 4.74 Å². The summed E-state index contributed by atoms with van der Waals surface area (Å²) in [5.41, 5.74) is 4.30. The summed E-state index contributed by atoms with van der Waals surface area (Å²) in [4.78, 5) is 11.9. The van der Waals surface area contributed by atoms with Crippen LogP contribution in [0.1, 0.15) is 28.7 Å². The zero-order chi connectivity index (χ0) is 14.7. The van der Waals surface area contributed by atoms with Crippen LogP contribution >= 0.6 is 0 Å². The Hall–Kier alpha value is -2.10. The molecule has 0 aliphatic heterocycles. The van der Waals surface area contributed by atoms with Gasteiger partial charge in [-0.1, -0.05) is 6.07 Å². The fourth-order valence-electron chi connectivity index (χ4n) is 2.13. The fourth-order valence-corrected chi connectivity index (χ4v) is 2.13. The molecule has 2 rings (SSSR count). The molecule has 0 aliphatic carbocycles. The van der Waals surface area contributed by atoms with E-state index in [1.807, 2.05) is 40.1 Å². The maximum Gasteiger partial charge on any atom is 0.311 e. The Labute approximate surface area is 119 Å². The molecule has 0 N–H and O–H groups in total. The van der Waals surface area contributed by atoms with Gasteiger partial charge in [-0.3, -0.25) is 9.48 Å². The number of rotatable bonds is 4. The predicted molar refractivity (Wildman–Crippen MR) is 77.8 cm³/mol. The normalized spacial score (nSPS) is 10.6. The highest BCUT2D eigenvalue weighted by Gasteiger charge is 2.10.